The molecule has 0 saturated carbocycles. The Kier molecular flexibility index (Phi) is 2.70. The van der Waals surface area contributed by atoms with E-state index in [0.29, 0.717) is 17.1 Å². The van der Waals surface area contributed by atoms with Crippen molar-refractivity contribution in [1.29, 1.82) is 5.26 Å². The van der Waals surface area contributed by atoms with Gasteiger partial charge in [-0.15, -0.1) is 0 Å². The molecule has 0 atom stereocenters. The molecule has 0 aliphatic carbocycles. The Morgan fingerprint density at radius 1 is 1.47 bits per heavy atom. The molecule has 0 spiro atoms. The Hall–Kier alpha value is -1.79. The highest BCUT2D eigenvalue weighted by Crippen LogP contribution is 2.09. The molecule has 2 rings (SSSR count). The lowest BCUT2D eigenvalue weighted by atomic mass is 10.1. The third-order valence-electron chi connectivity index (χ3n) is 2.00. The van der Waals surface area contributed by atoms with Crippen LogP contribution >= 0.6 is 11.6 Å². The number of nitriles is 1. The molecule has 0 saturated heterocycles. The van der Waals surface area contributed by atoms with Crippen LogP contribution in [-0.4, -0.2) is 9.78 Å². The highest BCUT2D eigenvalue weighted by atomic mass is 35.5. The molecular weight excluding hydrogens is 210 g/mol. The molecule has 0 radical (unpaired) electrons. The zero-order valence-corrected chi connectivity index (χ0v) is 8.65. The molecule has 1 aromatic carbocycles. The maximum absolute atomic E-state index is 8.74. The van der Waals surface area contributed by atoms with Crippen LogP contribution in [0.4, 0.5) is 0 Å². The lowest BCUT2D eigenvalue weighted by molar-refractivity contribution is 0.687. The summed E-state index contributed by atoms with van der Waals surface area (Å²) in [7, 11) is 0. The molecule has 0 amide bonds. The van der Waals surface area contributed by atoms with E-state index in [-0.39, 0.29) is 0 Å². The van der Waals surface area contributed by atoms with Gasteiger partial charge >= 0.3 is 0 Å². The van der Waals surface area contributed by atoms with Crippen LogP contribution in [0.15, 0.2) is 36.7 Å². The second-order valence-electron chi connectivity index (χ2n) is 3.17. The Morgan fingerprint density at radius 2 is 2.33 bits per heavy atom. The van der Waals surface area contributed by atoms with Crippen molar-refractivity contribution in [2.24, 2.45) is 0 Å². The monoisotopic (exact) mass is 217 g/mol. The summed E-state index contributed by atoms with van der Waals surface area (Å²) in [4.78, 5) is 0. The molecule has 4 heteroatoms. The van der Waals surface area contributed by atoms with Crippen LogP contribution in [0.3, 0.4) is 0 Å². The van der Waals surface area contributed by atoms with Crippen molar-refractivity contribution in [3.8, 4) is 6.07 Å². The number of hydrogen-bond donors (Lipinski definition) is 0. The fourth-order valence-corrected chi connectivity index (χ4v) is 1.51. The molecule has 0 unspecified atom stereocenters. The first-order valence-electron chi connectivity index (χ1n) is 4.45. The number of benzene rings is 1. The summed E-state index contributed by atoms with van der Waals surface area (Å²) in [6, 6.07) is 9.54. The van der Waals surface area contributed by atoms with Crippen LogP contribution in [0.5, 0.6) is 0 Å². The molecule has 74 valence electrons. The van der Waals surface area contributed by atoms with Crippen LogP contribution in [0.25, 0.3) is 0 Å². The number of aromatic nitrogens is 2. The largest absolute Gasteiger partial charge is 0.267 e. The smallest absolute Gasteiger partial charge is 0.0991 e. The Morgan fingerprint density at radius 3 is 3.00 bits per heavy atom. The fourth-order valence-electron chi connectivity index (χ4n) is 1.35. The summed E-state index contributed by atoms with van der Waals surface area (Å²) >= 11 is 5.75. The number of hydrogen-bond acceptors (Lipinski definition) is 2. The molecule has 3 nitrogen and oxygen atoms in total. The SMILES string of the molecule is N#Cc1cccc(Cn2cc(Cl)cn2)c1. The highest BCUT2D eigenvalue weighted by Gasteiger charge is 1.98. The summed E-state index contributed by atoms with van der Waals surface area (Å²) in [5, 5.41) is 13.4. The second-order valence-corrected chi connectivity index (χ2v) is 3.60. The molecule has 15 heavy (non-hydrogen) atoms. The molecule has 0 bridgehead atoms. The molecule has 1 aromatic heterocycles. The lowest BCUT2D eigenvalue weighted by Gasteiger charge is -2.01. The van der Waals surface area contributed by atoms with Gasteiger partial charge in [0.15, 0.2) is 0 Å². The molecule has 1 heterocycles. The maximum atomic E-state index is 8.74. The normalized spacial score (nSPS) is 9.87. The van der Waals surface area contributed by atoms with Crippen LogP contribution in [0.2, 0.25) is 5.02 Å². The number of halogens is 1. The van der Waals surface area contributed by atoms with Gasteiger partial charge in [0.2, 0.25) is 0 Å². The van der Waals surface area contributed by atoms with Crippen molar-refractivity contribution >= 4 is 11.6 Å². The van der Waals surface area contributed by atoms with Gasteiger partial charge in [0.1, 0.15) is 0 Å². The zero-order valence-electron chi connectivity index (χ0n) is 7.89. The number of nitrogens with zero attached hydrogens (tertiary/aromatic N) is 3. The van der Waals surface area contributed by atoms with Crippen molar-refractivity contribution in [1.82, 2.24) is 9.78 Å². The van der Waals surface area contributed by atoms with Gasteiger partial charge in [-0.1, -0.05) is 23.7 Å². The summed E-state index contributed by atoms with van der Waals surface area (Å²) < 4.78 is 1.73. The van der Waals surface area contributed by atoms with Gasteiger partial charge < -0.3 is 0 Å². The highest BCUT2D eigenvalue weighted by molar-refractivity contribution is 6.30. The van der Waals surface area contributed by atoms with Gasteiger partial charge in [0.05, 0.1) is 29.4 Å². The van der Waals surface area contributed by atoms with Gasteiger partial charge in [0.25, 0.3) is 0 Å². The maximum Gasteiger partial charge on any atom is 0.0991 e. The van der Waals surface area contributed by atoms with Crippen molar-refractivity contribution in [3.63, 3.8) is 0 Å². The van der Waals surface area contributed by atoms with E-state index in [9.17, 15) is 0 Å². The van der Waals surface area contributed by atoms with Crippen LogP contribution < -0.4 is 0 Å². The number of rotatable bonds is 2. The third kappa shape index (κ3) is 2.36. The van der Waals surface area contributed by atoms with E-state index in [1.807, 2.05) is 18.2 Å². The molecular formula is C11H8ClN3. The average Bonchev–Trinajstić information content (AvgIpc) is 2.64. The predicted molar refractivity (Wildman–Crippen MR) is 57.5 cm³/mol. The average molecular weight is 218 g/mol. The van der Waals surface area contributed by atoms with Gasteiger partial charge in [-0.05, 0) is 17.7 Å². The minimum Gasteiger partial charge on any atom is -0.267 e. The molecule has 0 fully saturated rings. The van der Waals surface area contributed by atoms with Gasteiger partial charge in [-0.2, -0.15) is 10.4 Å². The van der Waals surface area contributed by atoms with E-state index in [2.05, 4.69) is 11.2 Å². The van der Waals surface area contributed by atoms with Crippen LogP contribution in [-0.2, 0) is 6.54 Å². The third-order valence-corrected chi connectivity index (χ3v) is 2.20. The topological polar surface area (TPSA) is 41.6 Å². The zero-order chi connectivity index (χ0) is 10.7. The van der Waals surface area contributed by atoms with Crippen molar-refractivity contribution in [3.05, 3.63) is 52.8 Å². The summed E-state index contributed by atoms with van der Waals surface area (Å²) in [5.41, 5.74) is 1.69. The lowest BCUT2D eigenvalue weighted by Crippen LogP contribution is -1.99. The van der Waals surface area contributed by atoms with E-state index in [0.717, 1.165) is 5.56 Å². The van der Waals surface area contributed by atoms with Crippen molar-refractivity contribution in [2.45, 2.75) is 6.54 Å². The minimum absolute atomic E-state index is 0.617. The minimum atomic E-state index is 0.617. The standard InChI is InChI=1S/C11H8ClN3/c12-11-6-14-15(8-11)7-10-3-1-2-9(4-10)5-13/h1-4,6,8H,7H2. The van der Waals surface area contributed by atoms with E-state index < -0.39 is 0 Å². The van der Waals surface area contributed by atoms with Gasteiger partial charge in [-0.25, -0.2) is 0 Å². The summed E-state index contributed by atoms with van der Waals surface area (Å²) in [6.07, 6.45) is 3.34. The Balaban J connectivity index is 2.21. The molecule has 0 aliphatic rings. The van der Waals surface area contributed by atoms with Crippen molar-refractivity contribution < 1.29 is 0 Å². The van der Waals surface area contributed by atoms with Crippen LogP contribution in [0, 0.1) is 11.3 Å². The molecule has 0 N–H and O–H groups in total. The second kappa shape index (κ2) is 4.16. The van der Waals surface area contributed by atoms with E-state index in [4.69, 9.17) is 16.9 Å². The van der Waals surface area contributed by atoms with Gasteiger partial charge in [0, 0.05) is 6.20 Å². The van der Waals surface area contributed by atoms with E-state index >= 15 is 0 Å². The molecule has 2 aromatic rings. The summed E-state index contributed by atoms with van der Waals surface area (Å²) in [5.74, 6) is 0. The van der Waals surface area contributed by atoms with E-state index in [1.54, 1.807) is 23.1 Å². The Bertz CT molecular complexity index is 511. The van der Waals surface area contributed by atoms with Crippen LogP contribution in [0.1, 0.15) is 11.1 Å². The quantitative estimate of drug-likeness (QED) is 0.776. The Labute approximate surface area is 92.5 Å². The van der Waals surface area contributed by atoms with Crippen molar-refractivity contribution in [2.75, 3.05) is 0 Å². The first-order chi connectivity index (χ1) is 7.28. The molecule has 0 aliphatic heterocycles. The first-order valence-corrected chi connectivity index (χ1v) is 4.83. The fraction of sp³-hybridized carbons (Fsp3) is 0.0909. The first kappa shape index (κ1) is 9.75. The van der Waals surface area contributed by atoms with Gasteiger partial charge in [-0.3, -0.25) is 4.68 Å². The predicted octanol–water partition coefficient (Wildman–Crippen LogP) is 2.46. The van der Waals surface area contributed by atoms with E-state index in [1.165, 1.54) is 0 Å². The summed E-state index contributed by atoms with van der Waals surface area (Å²) in [6.45, 7) is 0.627.